The first kappa shape index (κ1) is 13.4. The first-order valence-corrected chi connectivity index (χ1v) is 6.50. The van der Waals surface area contributed by atoms with Crippen LogP contribution in [0.3, 0.4) is 0 Å². The van der Waals surface area contributed by atoms with Gasteiger partial charge in [0.05, 0.1) is 12.8 Å². The molecule has 0 atom stereocenters. The Kier molecular flexibility index (Phi) is 4.35. The van der Waals surface area contributed by atoms with E-state index in [4.69, 9.17) is 14.7 Å². The van der Waals surface area contributed by atoms with Crippen LogP contribution >= 0.6 is 11.3 Å². The summed E-state index contributed by atoms with van der Waals surface area (Å²) < 4.78 is 10.9. The van der Waals surface area contributed by atoms with Gasteiger partial charge in [-0.2, -0.15) is 0 Å². The average Bonchev–Trinajstić information content (AvgIpc) is 2.97. The van der Waals surface area contributed by atoms with Crippen molar-refractivity contribution >= 4 is 17.0 Å². The molecule has 19 heavy (non-hydrogen) atoms. The minimum atomic E-state index is 0.403. The van der Waals surface area contributed by atoms with Crippen LogP contribution in [0.1, 0.15) is 17.5 Å². The van der Waals surface area contributed by atoms with Gasteiger partial charge in [-0.05, 0) is 25.1 Å². The van der Waals surface area contributed by atoms with Gasteiger partial charge in [-0.3, -0.25) is 0 Å². The van der Waals surface area contributed by atoms with Gasteiger partial charge < -0.3 is 14.7 Å². The molecule has 0 aliphatic carbocycles. The Balaban J connectivity index is 2.16. The van der Waals surface area contributed by atoms with Crippen molar-refractivity contribution in [2.24, 2.45) is 5.16 Å². The SMILES string of the molecule is COc1cc(C(C)=NO)ccc1OCc1nccs1. The summed E-state index contributed by atoms with van der Waals surface area (Å²) in [6, 6.07) is 5.37. The number of oxime groups is 1. The fraction of sp³-hybridized carbons (Fsp3) is 0.231. The zero-order chi connectivity index (χ0) is 13.7. The molecule has 0 amide bonds. The number of hydrogen-bond acceptors (Lipinski definition) is 6. The molecule has 0 unspecified atom stereocenters. The lowest BCUT2D eigenvalue weighted by Crippen LogP contribution is -2.00. The van der Waals surface area contributed by atoms with E-state index in [0.717, 1.165) is 10.6 Å². The van der Waals surface area contributed by atoms with Crippen molar-refractivity contribution in [3.05, 3.63) is 40.3 Å². The number of thiazole rings is 1. The molecule has 0 saturated carbocycles. The van der Waals surface area contributed by atoms with E-state index in [1.54, 1.807) is 32.4 Å². The van der Waals surface area contributed by atoms with E-state index in [2.05, 4.69) is 10.1 Å². The summed E-state index contributed by atoms with van der Waals surface area (Å²) in [4.78, 5) is 4.15. The molecule has 6 heteroatoms. The molecule has 0 aliphatic heterocycles. The molecular formula is C13H14N2O3S. The smallest absolute Gasteiger partial charge is 0.161 e. The third-order valence-corrected chi connectivity index (χ3v) is 3.32. The second-order valence-electron chi connectivity index (χ2n) is 3.77. The van der Waals surface area contributed by atoms with Gasteiger partial charge in [0.1, 0.15) is 11.6 Å². The second-order valence-corrected chi connectivity index (χ2v) is 4.74. The molecule has 1 aromatic carbocycles. The molecule has 0 radical (unpaired) electrons. The van der Waals surface area contributed by atoms with E-state index < -0.39 is 0 Å². The van der Waals surface area contributed by atoms with Crippen LogP contribution in [0, 0.1) is 0 Å². The molecule has 1 aromatic heterocycles. The first-order chi connectivity index (χ1) is 9.24. The number of hydrogen-bond donors (Lipinski definition) is 1. The van der Waals surface area contributed by atoms with Gasteiger partial charge in [0.2, 0.25) is 0 Å². The van der Waals surface area contributed by atoms with Crippen LogP contribution in [-0.2, 0) is 6.61 Å². The van der Waals surface area contributed by atoms with Gasteiger partial charge in [0.25, 0.3) is 0 Å². The zero-order valence-electron chi connectivity index (χ0n) is 10.7. The molecule has 0 fully saturated rings. The van der Waals surface area contributed by atoms with E-state index in [-0.39, 0.29) is 0 Å². The highest BCUT2D eigenvalue weighted by atomic mass is 32.1. The topological polar surface area (TPSA) is 63.9 Å². The highest BCUT2D eigenvalue weighted by molar-refractivity contribution is 7.09. The summed E-state index contributed by atoms with van der Waals surface area (Å²) in [5.74, 6) is 1.23. The Bertz CT molecular complexity index is 567. The van der Waals surface area contributed by atoms with Crippen molar-refractivity contribution in [3.8, 4) is 11.5 Å². The molecule has 0 spiro atoms. The Morgan fingerprint density at radius 1 is 1.42 bits per heavy atom. The maximum absolute atomic E-state index is 8.76. The van der Waals surface area contributed by atoms with Gasteiger partial charge in [-0.25, -0.2) is 4.98 Å². The van der Waals surface area contributed by atoms with Crippen molar-refractivity contribution in [1.29, 1.82) is 0 Å². The summed E-state index contributed by atoms with van der Waals surface area (Å²) in [7, 11) is 1.57. The fourth-order valence-electron chi connectivity index (χ4n) is 1.53. The Labute approximate surface area is 115 Å². The Morgan fingerprint density at radius 3 is 2.89 bits per heavy atom. The van der Waals surface area contributed by atoms with E-state index in [1.807, 2.05) is 11.4 Å². The number of benzene rings is 1. The molecule has 0 aliphatic rings. The van der Waals surface area contributed by atoms with E-state index in [1.165, 1.54) is 11.3 Å². The summed E-state index contributed by atoms with van der Waals surface area (Å²) in [5.41, 5.74) is 1.30. The average molecular weight is 278 g/mol. The van der Waals surface area contributed by atoms with Crippen LogP contribution in [0.25, 0.3) is 0 Å². The standard InChI is InChI=1S/C13H14N2O3S/c1-9(15-16)10-3-4-11(12(7-10)17-2)18-8-13-14-5-6-19-13/h3-7,16H,8H2,1-2H3. The van der Waals surface area contributed by atoms with Gasteiger partial charge in [0, 0.05) is 17.1 Å². The quantitative estimate of drug-likeness (QED) is 0.519. The molecule has 2 rings (SSSR count). The summed E-state index contributed by atoms with van der Waals surface area (Å²) in [6.07, 6.45) is 1.74. The number of rotatable bonds is 5. The van der Waals surface area contributed by atoms with Gasteiger partial charge in [0.15, 0.2) is 11.5 Å². The van der Waals surface area contributed by atoms with Gasteiger partial charge in [-0.1, -0.05) is 5.16 Å². The highest BCUT2D eigenvalue weighted by Crippen LogP contribution is 2.29. The minimum Gasteiger partial charge on any atom is -0.493 e. The second kappa shape index (κ2) is 6.19. The molecule has 0 saturated heterocycles. The van der Waals surface area contributed by atoms with Crippen molar-refractivity contribution in [2.75, 3.05) is 7.11 Å². The lowest BCUT2D eigenvalue weighted by Gasteiger charge is -2.11. The van der Waals surface area contributed by atoms with E-state index in [0.29, 0.717) is 23.8 Å². The lowest BCUT2D eigenvalue weighted by molar-refractivity contribution is 0.284. The number of methoxy groups -OCH3 is 1. The van der Waals surface area contributed by atoms with E-state index in [9.17, 15) is 0 Å². The maximum Gasteiger partial charge on any atom is 0.161 e. The van der Waals surface area contributed by atoms with E-state index >= 15 is 0 Å². The van der Waals surface area contributed by atoms with Gasteiger partial charge in [-0.15, -0.1) is 11.3 Å². The van der Waals surface area contributed by atoms with Crippen molar-refractivity contribution < 1.29 is 14.7 Å². The highest BCUT2D eigenvalue weighted by Gasteiger charge is 2.08. The molecule has 1 N–H and O–H groups in total. The molecule has 2 aromatic rings. The van der Waals surface area contributed by atoms with Crippen LogP contribution in [-0.4, -0.2) is 23.0 Å². The number of nitrogens with zero attached hydrogens (tertiary/aromatic N) is 2. The van der Waals surface area contributed by atoms with Crippen molar-refractivity contribution in [2.45, 2.75) is 13.5 Å². The van der Waals surface area contributed by atoms with Crippen molar-refractivity contribution in [3.63, 3.8) is 0 Å². The molecule has 1 heterocycles. The van der Waals surface area contributed by atoms with Crippen molar-refractivity contribution in [1.82, 2.24) is 4.98 Å². The summed E-state index contributed by atoms with van der Waals surface area (Å²) >= 11 is 1.54. The molecule has 100 valence electrons. The van der Waals surface area contributed by atoms with Crippen LogP contribution in [0.5, 0.6) is 11.5 Å². The largest absolute Gasteiger partial charge is 0.493 e. The summed E-state index contributed by atoms with van der Waals surface area (Å²) in [5, 5.41) is 14.7. The molecule has 0 bridgehead atoms. The summed E-state index contributed by atoms with van der Waals surface area (Å²) in [6.45, 7) is 2.12. The molecule has 5 nitrogen and oxygen atoms in total. The maximum atomic E-state index is 8.76. The first-order valence-electron chi connectivity index (χ1n) is 5.63. The zero-order valence-corrected chi connectivity index (χ0v) is 11.5. The van der Waals surface area contributed by atoms with Crippen LogP contribution in [0.15, 0.2) is 34.9 Å². The van der Waals surface area contributed by atoms with Gasteiger partial charge >= 0.3 is 0 Å². The van der Waals surface area contributed by atoms with Crippen LogP contribution in [0.4, 0.5) is 0 Å². The predicted molar refractivity (Wildman–Crippen MR) is 73.4 cm³/mol. The minimum absolute atomic E-state index is 0.403. The third-order valence-electron chi connectivity index (χ3n) is 2.57. The predicted octanol–water partition coefficient (Wildman–Crippen LogP) is 2.93. The third kappa shape index (κ3) is 3.23. The fourth-order valence-corrected chi connectivity index (χ4v) is 2.06. The molecular weight excluding hydrogens is 264 g/mol. The van der Waals surface area contributed by atoms with Crippen LogP contribution in [0.2, 0.25) is 0 Å². The number of ether oxygens (including phenoxy) is 2. The Hall–Kier alpha value is -2.08. The lowest BCUT2D eigenvalue weighted by atomic mass is 10.1. The number of aromatic nitrogens is 1. The Morgan fingerprint density at radius 2 is 2.26 bits per heavy atom. The normalized spacial score (nSPS) is 11.4. The monoisotopic (exact) mass is 278 g/mol. The van der Waals surface area contributed by atoms with Crippen LogP contribution < -0.4 is 9.47 Å².